The van der Waals surface area contributed by atoms with Crippen LogP contribution in [0.25, 0.3) is 0 Å². The van der Waals surface area contributed by atoms with E-state index in [1.54, 1.807) is 25.6 Å². The Morgan fingerprint density at radius 1 is 1.63 bits per heavy atom. The number of aromatic nitrogens is 2. The SMILES string of the molecule is Cc1nc(S(=O)(=O)N(C)CC2CNCCO2)cn1C. The molecule has 0 amide bonds. The first kappa shape index (κ1) is 14.4. The number of hydrogen-bond acceptors (Lipinski definition) is 5. The van der Waals surface area contributed by atoms with E-state index in [0.29, 0.717) is 25.5 Å². The summed E-state index contributed by atoms with van der Waals surface area (Å²) in [6.45, 7) is 4.19. The van der Waals surface area contributed by atoms with E-state index in [-0.39, 0.29) is 11.1 Å². The zero-order valence-electron chi connectivity index (χ0n) is 11.5. The van der Waals surface area contributed by atoms with Crippen molar-refractivity contribution >= 4 is 10.0 Å². The zero-order valence-corrected chi connectivity index (χ0v) is 12.3. The summed E-state index contributed by atoms with van der Waals surface area (Å²) in [5, 5.41) is 3.26. The monoisotopic (exact) mass is 288 g/mol. The van der Waals surface area contributed by atoms with Crippen LogP contribution < -0.4 is 5.32 Å². The topological polar surface area (TPSA) is 76.5 Å². The van der Waals surface area contributed by atoms with Crippen molar-refractivity contribution in [2.75, 3.05) is 33.3 Å². The van der Waals surface area contributed by atoms with Crippen molar-refractivity contribution in [1.29, 1.82) is 0 Å². The van der Waals surface area contributed by atoms with Crippen molar-refractivity contribution in [1.82, 2.24) is 19.2 Å². The van der Waals surface area contributed by atoms with E-state index in [2.05, 4.69) is 10.3 Å². The molecule has 1 saturated heterocycles. The predicted molar refractivity (Wildman–Crippen MR) is 70.4 cm³/mol. The van der Waals surface area contributed by atoms with Gasteiger partial charge in [-0.3, -0.25) is 0 Å². The van der Waals surface area contributed by atoms with Crippen molar-refractivity contribution < 1.29 is 13.2 Å². The van der Waals surface area contributed by atoms with Crippen LogP contribution in [-0.4, -0.2) is 61.7 Å². The lowest BCUT2D eigenvalue weighted by molar-refractivity contribution is 0.0206. The predicted octanol–water partition coefficient (Wildman–Crippen LogP) is -0.663. The van der Waals surface area contributed by atoms with Gasteiger partial charge in [0.1, 0.15) is 5.82 Å². The Morgan fingerprint density at radius 3 is 2.89 bits per heavy atom. The van der Waals surface area contributed by atoms with E-state index in [4.69, 9.17) is 4.74 Å². The van der Waals surface area contributed by atoms with Gasteiger partial charge in [-0.2, -0.15) is 4.31 Å². The normalized spacial score (nSPS) is 20.9. The summed E-state index contributed by atoms with van der Waals surface area (Å²) in [7, 11) is -0.220. The van der Waals surface area contributed by atoms with E-state index in [0.717, 1.165) is 6.54 Å². The van der Waals surface area contributed by atoms with Crippen LogP contribution in [0, 0.1) is 6.92 Å². The van der Waals surface area contributed by atoms with Gasteiger partial charge in [0.15, 0.2) is 5.03 Å². The Hall–Kier alpha value is -0.960. The van der Waals surface area contributed by atoms with E-state index in [1.165, 1.54) is 10.5 Å². The van der Waals surface area contributed by atoms with Crippen LogP contribution in [0.2, 0.25) is 0 Å². The molecule has 1 atom stereocenters. The molecule has 0 bridgehead atoms. The van der Waals surface area contributed by atoms with E-state index in [1.807, 2.05) is 0 Å². The van der Waals surface area contributed by atoms with Crippen molar-refractivity contribution in [2.24, 2.45) is 7.05 Å². The molecule has 0 saturated carbocycles. The number of hydrogen-bond donors (Lipinski definition) is 1. The van der Waals surface area contributed by atoms with E-state index >= 15 is 0 Å². The van der Waals surface area contributed by atoms with Crippen molar-refractivity contribution in [3.8, 4) is 0 Å². The maximum Gasteiger partial charge on any atom is 0.261 e. The summed E-state index contributed by atoms with van der Waals surface area (Å²) in [4.78, 5) is 4.07. The second-order valence-corrected chi connectivity index (χ2v) is 6.71. The molecular formula is C11H20N4O3S. The quantitative estimate of drug-likeness (QED) is 0.796. The molecule has 1 aromatic rings. The van der Waals surface area contributed by atoms with Crippen LogP contribution >= 0.6 is 0 Å². The fourth-order valence-electron chi connectivity index (χ4n) is 1.93. The van der Waals surface area contributed by atoms with Crippen molar-refractivity contribution in [3.63, 3.8) is 0 Å². The van der Waals surface area contributed by atoms with Crippen LogP contribution in [0.5, 0.6) is 0 Å². The standard InChI is InChI=1S/C11H20N4O3S/c1-9-13-11(8-14(9)2)19(16,17)15(3)7-10-6-12-4-5-18-10/h8,10,12H,4-7H2,1-3H3. The van der Waals surface area contributed by atoms with Gasteiger partial charge >= 0.3 is 0 Å². The molecule has 0 aliphatic carbocycles. The number of sulfonamides is 1. The van der Waals surface area contributed by atoms with Gasteiger partial charge in [0.25, 0.3) is 10.0 Å². The van der Waals surface area contributed by atoms with Crippen LogP contribution in [0.4, 0.5) is 0 Å². The molecule has 7 nitrogen and oxygen atoms in total. The molecule has 1 aliphatic rings. The Morgan fingerprint density at radius 2 is 2.37 bits per heavy atom. The summed E-state index contributed by atoms with van der Waals surface area (Å²) >= 11 is 0. The lowest BCUT2D eigenvalue weighted by atomic mass is 10.3. The minimum absolute atomic E-state index is 0.0822. The lowest BCUT2D eigenvalue weighted by Gasteiger charge is -2.27. The van der Waals surface area contributed by atoms with Gasteiger partial charge in [-0.25, -0.2) is 13.4 Å². The van der Waals surface area contributed by atoms with Crippen molar-refractivity contribution in [2.45, 2.75) is 18.1 Å². The minimum atomic E-state index is -3.55. The molecule has 8 heteroatoms. The number of aryl methyl sites for hydroxylation is 2. The van der Waals surface area contributed by atoms with Gasteiger partial charge in [0.2, 0.25) is 0 Å². The van der Waals surface area contributed by atoms with Gasteiger partial charge in [-0.05, 0) is 6.92 Å². The van der Waals surface area contributed by atoms with Crippen LogP contribution in [0.3, 0.4) is 0 Å². The van der Waals surface area contributed by atoms with Gasteiger partial charge < -0.3 is 14.6 Å². The number of imidazole rings is 1. The molecule has 1 aromatic heterocycles. The third-order valence-electron chi connectivity index (χ3n) is 3.23. The fraction of sp³-hybridized carbons (Fsp3) is 0.727. The summed E-state index contributed by atoms with van der Waals surface area (Å²) < 4.78 is 33.2. The number of ether oxygens (including phenoxy) is 1. The molecule has 0 radical (unpaired) electrons. The maximum atomic E-state index is 12.3. The Labute approximate surface area is 113 Å². The summed E-state index contributed by atoms with van der Waals surface area (Å²) in [6.07, 6.45) is 1.42. The van der Waals surface area contributed by atoms with Gasteiger partial charge in [0.05, 0.1) is 12.7 Å². The van der Waals surface area contributed by atoms with Gasteiger partial charge in [0, 0.05) is 39.9 Å². The molecule has 1 fully saturated rings. The van der Waals surface area contributed by atoms with Crippen LogP contribution in [0.15, 0.2) is 11.2 Å². The van der Waals surface area contributed by atoms with Crippen molar-refractivity contribution in [3.05, 3.63) is 12.0 Å². The number of likely N-dealkylation sites (N-methyl/N-ethyl adjacent to an activating group) is 1. The Balaban J connectivity index is 2.10. The second kappa shape index (κ2) is 5.58. The van der Waals surface area contributed by atoms with Gasteiger partial charge in [-0.15, -0.1) is 0 Å². The highest BCUT2D eigenvalue weighted by Crippen LogP contribution is 2.14. The molecule has 1 aliphatic heterocycles. The first-order valence-corrected chi connectivity index (χ1v) is 7.64. The molecule has 2 rings (SSSR count). The fourth-order valence-corrected chi connectivity index (χ4v) is 3.15. The summed E-state index contributed by atoms with van der Waals surface area (Å²) in [6, 6.07) is 0. The zero-order chi connectivity index (χ0) is 14.0. The number of nitrogens with one attached hydrogen (secondary N) is 1. The molecule has 0 aromatic carbocycles. The highest BCUT2D eigenvalue weighted by atomic mass is 32.2. The average molecular weight is 288 g/mol. The van der Waals surface area contributed by atoms with Crippen LogP contribution in [0.1, 0.15) is 5.82 Å². The highest BCUT2D eigenvalue weighted by molar-refractivity contribution is 7.89. The smallest absolute Gasteiger partial charge is 0.261 e. The summed E-state index contributed by atoms with van der Waals surface area (Å²) in [5.74, 6) is 0.669. The number of nitrogens with zero attached hydrogens (tertiary/aromatic N) is 3. The van der Waals surface area contributed by atoms with Gasteiger partial charge in [-0.1, -0.05) is 0 Å². The second-order valence-electron chi connectivity index (χ2n) is 4.72. The third-order valence-corrected chi connectivity index (χ3v) is 4.92. The molecule has 2 heterocycles. The van der Waals surface area contributed by atoms with Crippen LogP contribution in [-0.2, 0) is 21.8 Å². The first-order valence-electron chi connectivity index (χ1n) is 6.20. The largest absolute Gasteiger partial charge is 0.374 e. The average Bonchev–Trinajstić information content (AvgIpc) is 2.71. The highest BCUT2D eigenvalue weighted by Gasteiger charge is 2.27. The number of rotatable bonds is 4. The maximum absolute atomic E-state index is 12.3. The molecule has 0 spiro atoms. The first-order chi connectivity index (χ1) is 8.91. The minimum Gasteiger partial charge on any atom is -0.374 e. The molecule has 108 valence electrons. The van der Waals surface area contributed by atoms with E-state index in [9.17, 15) is 8.42 Å². The third kappa shape index (κ3) is 3.14. The van der Waals surface area contributed by atoms with E-state index < -0.39 is 10.0 Å². The lowest BCUT2D eigenvalue weighted by Crippen LogP contribution is -2.45. The molecule has 1 N–H and O–H groups in total. The molecule has 19 heavy (non-hydrogen) atoms. The molecule has 1 unspecified atom stereocenters. The Kier molecular flexibility index (Phi) is 4.24. The summed E-state index contributed by atoms with van der Waals surface area (Å²) in [5.41, 5.74) is 0. The Bertz CT molecular complexity index is 515. The molecular weight excluding hydrogens is 268 g/mol. The number of morpholine rings is 1.